The van der Waals surface area contributed by atoms with Gasteiger partial charge in [0, 0.05) is 23.2 Å². The minimum absolute atomic E-state index is 0.0840. The van der Waals surface area contributed by atoms with Crippen molar-refractivity contribution >= 4 is 27.1 Å². The Morgan fingerprint density at radius 1 is 1.11 bits per heavy atom. The first kappa shape index (κ1) is 25.3. The van der Waals surface area contributed by atoms with E-state index >= 15 is 0 Å². The average Bonchev–Trinajstić information content (AvgIpc) is 3.18. The molecular formula is C26H27N3O6S. The van der Waals surface area contributed by atoms with E-state index in [2.05, 4.69) is 10.6 Å². The topological polar surface area (TPSA) is 127 Å². The van der Waals surface area contributed by atoms with Crippen LogP contribution >= 0.6 is 0 Å². The average molecular weight is 510 g/mol. The van der Waals surface area contributed by atoms with Gasteiger partial charge in [0.25, 0.3) is 5.56 Å². The van der Waals surface area contributed by atoms with Crippen LogP contribution in [0.3, 0.4) is 0 Å². The van der Waals surface area contributed by atoms with Gasteiger partial charge in [0.1, 0.15) is 5.56 Å². The molecule has 0 radical (unpaired) electrons. The van der Waals surface area contributed by atoms with Crippen LogP contribution in [0.5, 0.6) is 0 Å². The van der Waals surface area contributed by atoms with Gasteiger partial charge >= 0.3 is 0 Å². The second-order valence-corrected chi connectivity index (χ2v) is 10.4. The van der Waals surface area contributed by atoms with Gasteiger partial charge in [-0.1, -0.05) is 30.3 Å². The molecule has 4 rings (SSSR count). The molecule has 3 aromatic rings. The third kappa shape index (κ3) is 4.57. The van der Waals surface area contributed by atoms with Gasteiger partial charge in [-0.25, -0.2) is 8.42 Å². The maximum Gasteiger partial charge on any atom is 0.275 e. The maximum atomic E-state index is 13.8. The summed E-state index contributed by atoms with van der Waals surface area (Å²) in [7, 11) is -3.59. The molecule has 1 aliphatic rings. The third-order valence-electron chi connectivity index (χ3n) is 6.15. The Kier molecular flexibility index (Phi) is 7.09. The molecule has 2 heterocycles. The predicted molar refractivity (Wildman–Crippen MR) is 135 cm³/mol. The summed E-state index contributed by atoms with van der Waals surface area (Å²) in [6.45, 7) is 5.91. The van der Waals surface area contributed by atoms with Crippen LogP contribution in [0.25, 0.3) is 5.70 Å². The lowest BCUT2D eigenvalue weighted by molar-refractivity contribution is 0.0896. The predicted octanol–water partition coefficient (Wildman–Crippen LogP) is 2.83. The summed E-state index contributed by atoms with van der Waals surface area (Å²) in [5.74, 6) is -1.02. The molecule has 188 valence electrons. The first-order valence-corrected chi connectivity index (χ1v) is 13.2. The number of carbonyl (C=O) groups excluding carboxylic acids is 2. The fourth-order valence-electron chi connectivity index (χ4n) is 4.37. The van der Waals surface area contributed by atoms with E-state index in [1.54, 1.807) is 51.1 Å². The van der Waals surface area contributed by atoms with E-state index in [0.29, 0.717) is 35.5 Å². The summed E-state index contributed by atoms with van der Waals surface area (Å²) in [6, 6.07) is 11.4. The number of sulfone groups is 1. The van der Waals surface area contributed by atoms with E-state index in [1.165, 1.54) is 22.9 Å². The second kappa shape index (κ2) is 10.1. The number of nitrogens with one attached hydrogen (secondary N) is 2. The Bertz CT molecular complexity index is 1530. The second-order valence-electron chi connectivity index (χ2n) is 8.35. The van der Waals surface area contributed by atoms with Crippen LogP contribution in [-0.4, -0.2) is 42.1 Å². The van der Waals surface area contributed by atoms with Crippen LogP contribution < -0.4 is 11.0 Å². The Morgan fingerprint density at radius 2 is 1.83 bits per heavy atom. The van der Waals surface area contributed by atoms with E-state index < -0.39 is 21.2 Å². The summed E-state index contributed by atoms with van der Waals surface area (Å²) < 4.78 is 26.9. The van der Waals surface area contributed by atoms with Crippen molar-refractivity contribution in [2.45, 2.75) is 38.6 Å². The van der Waals surface area contributed by atoms with Crippen molar-refractivity contribution in [1.29, 1.82) is 0 Å². The van der Waals surface area contributed by atoms with E-state index in [1.807, 2.05) is 0 Å². The molecule has 0 unspecified atom stereocenters. The quantitative estimate of drug-likeness (QED) is 0.335. The zero-order valence-electron chi connectivity index (χ0n) is 20.3. The van der Waals surface area contributed by atoms with Crippen molar-refractivity contribution in [2.75, 3.05) is 12.4 Å². The molecule has 0 aliphatic carbocycles. The molecule has 10 heteroatoms. The highest BCUT2D eigenvalue weighted by Gasteiger charge is 2.31. The third-order valence-corrected chi connectivity index (χ3v) is 7.77. The summed E-state index contributed by atoms with van der Waals surface area (Å²) in [5.41, 5.74) is 4.11. The standard InChI is InChI=1S/C26H27N3O6S/c1-4-29-20(15-21(30)17-9-7-6-8-10-17)24(26(32)27-29)25(31)18-11-12-22-23(16(18)3)19(28-35-5-2)13-14-36(22,33)34/h6-13,28H,4-5,14-15H2,1-3H3,(H,27,32). The fraction of sp³-hybridized carbons (Fsp3) is 0.269. The zero-order valence-corrected chi connectivity index (χ0v) is 21.1. The number of H-pyrrole nitrogens is 1. The van der Waals surface area contributed by atoms with Crippen molar-refractivity contribution in [3.63, 3.8) is 0 Å². The lowest BCUT2D eigenvalue weighted by Gasteiger charge is -2.22. The molecule has 1 aliphatic heterocycles. The smallest absolute Gasteiger partial charge is 0.275 e. The molecule has 2 aromatic carbocycles. The number of hydrogen-bond acceptors (Lipinski definition) is 7. The first-order valence-electron chi connectivity index (χ1n) is 11.6. The monoisotopic (exact) mass is 509 g/mol. The molecule has 0 bridgehead atoms. The summed E-state index contributed by atoms with van der Waals surface area (Å²) in [4.78, 5) is 45.0. The van der Waals surface area contributed by atoms with Gasteiger partial charge in [0.15, 0.2) is 15.6 Å². The molecule has 2 N–H and O–H groups in total. The molecule has 0 atom stereocenters. The molecule has 0 saturated heterocycles. The van der Waals surface area contributed by atoms with Crippen LogP contribution in [0.4, 0.5) is 0 Å². The molecular weight excluding hydrogens is 482 g/mol. The van der Waals surface area contributed by atoms with Gasteiger partial charge < -0.3 is 0 Å². The van der Waals surface area contributed by atoms with Gasteiger partial charge in [-0.3, -0.25) is 34.5 Å². The number of nitrogens with zero attached hydrogens (tertiary/aromatic N) is 1. The molecule has 1 aromatic heterocycles. The number of hydroxylamine groups is 1. The Hall–Kier alpha value is -3.76. The molecule has 0 amide bonds. The Morgan fingerprint density at radius 3 is 2.50 bits per heavy atom. The first-order chi connectivity index (χ1) is 17.2. The molecule has 9 nitrogen and oxygen atoms in total. The molecule has 36 heavy (non-hydrogen) atoms. The van der Waals surface area contributed by atoms with Crippen molar-refractivity contribution < 1.29 is 22.8 Å². The SMILES string of the molecule is CCONC1=CCS(=O)(=O)c2ccc(C(=O)c3c(CC(=O)c4ccccc4)n(CC)[nH]c3=O)c(C)c21. The van der Waals surface area contributed by atoms with Crippen molar-refractivity contribution in [1.82, 2.24) is 15.3 Å². The van der Waals surface area contributed by atoms with Gasteiger partial charge in [-0.15, -0.1) is 0 Å². The number of rotatable bonds is 9. The Labute approximate surface area is 208 Å². The minimum Gasteiger partial charge on any atom is -0.294 e. The normalized spacial score (nSPS) is 14.1. The van der Waals surface area contributed by atoms with Crippen molar-refractivity contribution in [2.24, 2.45) is 0 Å². The van der Waals surface area contributed by atoms with Crippen molar-refractivity contribution in [3.8, 4) is 0 Å². The zero-order chi connectivity index (χ0) is 26.0. The Balaban J connectivity index is 1.82. The van der Waals surface area contributed by atoms with E-state index in [4.69, 9.17) is 4.84 Å². The molecule has 0 fully saturated rings. The van der Waals surface area contributed by atoms with Gasteiger partial charge in [0.2, 0.25) is 5.78 Å². The minimum atomic E-state index is -3.59. The largest absolute Gasteiger partial charge is 0.294 e. The van der Waals surface area contributed by atoms with Crippen LogP contribution in [-0.2, 0) is 27.6 Å². The van der Waals surface area contributed by atoms with Crippen molar-refractivity contribution in [3.05, 3.63) is 92.4 Å². The highest BCUT2D eigenvalue weighted by Crippen LogP contribution is 2.33. The number of benzene rings is 2. The highest BCUT2D eigenvalue weighted by molar-refractivity contribution is 7.91. The number of carbonyl (C=O) groups is 2. The van der Waals surface area contributed by atoms with E-state index in [-0.39, 0.29) is 39.7 Å². The number of ketones is 2. The number of aromatic nitrogens is 2. The summed E-state index contributed by atoms with van der Waals surface area (Å²) >= 11 is 0. The van der Waals surface area contributed by atoms with Gasteiger partial charge in [-0.2, -0.15) is 0 Å². The highest BCUT2D eigenvalue weighted by atomic mass is 32.2. The maximum absolute atomic E-state index is 13.8. The number of hydrogen-bond donors (Lipinski definition) is 2. The van der Waals surface area contributed by atoms with E-state index in [9.17, 15) is 22.8 Å². The lowest BCUT2D eigenvalue weighted by Crippen LogP contribution is -2.24. The van der Waals surface area contributed by atoms with Gasteiger partial charge in [-0.05, 0) is 44.5 Å². The van der Waals surface area contributed by atoms with Crippen LogP contribution in [0.2, 0.25) is 0 Å². The number of Topliss-reactive ketones (excluding diaryl/α,β-unsaturated/α-hetero) is 1. The van der Waals surface area contributed by atoms with Crippen LogP contribution in [0.1, 0.15) is 56.9 Å². The van der Waals surface area contributed by atoms with Crippen LogP contribution in [0, 0.1) is 6.92 Å². The van der Waals surface area contributed by atoms with Gasteiger partial charge in [0.05, 0.1) is 35.1 Å². The number of aryl methyl sites for hydroxylation is 1. The summed E-state index contributed by atoms with van der Waals surface area (Å²) in [6.07, 6.45) is 1.35. The summed E-state index contributed by atoms with van der Waals surface area (Å²) in [5, 5.41) is 2.65. The molecule has 0 spiro atoms. The van der Waals surface area contributed by atoms with Crippen LogP contribution in [0.15, 0.2) is 58.2 Å². The number of aromatic amines is 1. The number of fused-ring (bicyclic) bond motifs is 1. The lowest BCUT2D eigenvalue weighted by atomic mass is 9.93. The fourth-order valence-corrected chi connectivity index (χ4v) is 5.78. The molecule has 0 saturated carbocycles. The van der Waals surface area contributed by atoms with E-state index in [0.717, 1.165) is 0 Å².